The summed E-state index contributed by atoms with van der Waals surface area (Å²) in [5.74, 6) is 0.635. The number of urea groups is 1. The topological polar surface area (TPSA) is 79.9 Å². The maximum atomic E-state index is 12.3. The summed E-state index contributed by atoms with van der Waals surface area (Å²) in [6, 6.07) is 7.00. The van der Waals surface area contributed by atoms with Crippen LogP contribution in [-0.4, -0.2) is 55.8 Å². The number of carbonyl (C=O) groups excluding carboxylic acids is 2. The van der Waals surface area contributed by atoms with Crippen LogP contribution in [0.15, 0.2) is 24.3 Å². The van der Waals surface area contributed by atoms with Gasteiger partial charge in [-0.2, -0.15) is 0 Å². The third kappa shape index (κ3) is 2.99. The second-order valence-corrected chi connectivity index (χ2v) is 5.58. The van der Waals surface area contributed by atoms with E-state index in [0.29, 0.717) is 25.3 Å². The molecule has 2 aliphatic heterocycles. The van der Waals surface area contributed by atoms with Gasteiger partial charge < -0.3 is 25.0 Å². The Balaban J connectivity index is 1.58. The summed E-state index contributed by atoms with van der Waals surface area (Å²) in [5.41, 5.74) is 0.273. The van der Waals surface area contributed by atoms with Gasteiger partial charge in [0.2, 0.25) is 5.91 Å². The normalized spacial score (nSPS) is 24.2. The molecule has 0 saturated carbocycles. The highest BCUT2D eigenvalue weighted by Crippen LogP contribution is 2.27. The minimum atomic E-state index is -0.439. The van der Waals surface area contributed by atoms with Crippen molar-refractivity contribution in [3.8, 4) is 5.75 Å². The van der Waals surface area contributed by atoms with Crippen LogP contribution >= 0.6 is 0 Å². The highest BCUT2D eigenvalue weighted by Gasteiger charge is 2.43. The lowest BCUT2D eigenvalue weighted by atomic mass is 10.0. The van der Waals surface area contributed by atoms with Crippen LogP contribution in [0.3, 0.4) is 0 Å². The van der Waals surface area contributed by atoms with E-state index in [4.69, 9.17) is 9.47 Å². The van der Waals surface area contributed by atoms with Crippen LogP contribution in [0.25, 0.3) is 0 Å². The molecule has 0 aromatic heterocycles. The molecule has 0 aliphatic carbocycles. The number of rotatable bonds is 2. The van der Waals surface area contributed by atoms with E-state index in [9.17, 15) is 9.59 Å². The van der Waals surface area contributed by atoms with Gasteiger partial charge >= 0.3 is 6.03 Å². The predicted molar refractivity (Wildman–Crippen MR) is 79.9 cm³/mol. The van der Waals surface area contributed by atoms with Crippen LogP contribution in [0.5, 0.6) is 5.75 Å². The Morgan fingerprint density at radius 3 is 2.82 bits per heavy atom. The van der Waals surface area contributed by atoms with Crippen LogP contribution in [-0.2, 0) is 9.53 Å². The predicted octanol–water partition coefficient (Wildman–Crippen LogP) is 0.818. The first-order valence-electron chi connectivity index (χ1n) is 7.21. The molecule has 1 atom stereocenters. The van der Waals surface area contributed by atoms with Gasteiger partial charge in [-0.3, -0.25) is 4.79 Å². The molecule has 3 amide bonds. The molecule has 2 fully saturated rings. The van der Waals surface area contributed by atoms with Crippen molar-refractivity contribution in [2.24, 2.45) is 0 Å². The maximum absolute atomic E-state index is 12.3. The zero-order valence-corrected chi connectivity index (χ0v) is 12.4. The fourth-order valence-corrected chi connectivity index (χ4v) is 2.74. The zero-order valence-electron chi connectivity index (χ0n) is 12.4. The highest BCUT2D eigenvalue weighted by molar-refractivity contribution is 5.89. The van der Waals surface area contributed by atoms with E-state index in [1.54, 1.807) is 36.3 Å². The summed E-state index contributed by atoms with van der Waals surface area (Å²) in [5, 5.41) is 5.65. The number of likely N-dealkylation sites (tertiary alicyclic amines) is 1. The summed E-state index contributed by atoms with van der Waals surface area (Å²) in [7, 11) is 1.60. The van der Waals surface area contributed by atoms with Crippen molar-refractivity contribution in [1.82, 2.24) is 10.2 Å². The standard InChI is InChI=1S/C15H19N3O4/c1-21-12-4-2-11(3-5-12)17-14(20)18-7-6-15(10-18)9-16-13(19)8-22-15/h2-5H,6-10H2,1H3,(H,16,19)(H,17,20). The van der Waals surface area contributed by atoms with Gasteiger partial charge in [0, 0.05) is 18.8 Å². The molecular formula is C15H19N3O4. The first-order valence-corrected chi connectivity index (χ1v) is 7.21. The third-order valence-corrected chi connectivity index (χ3v) is 4.06. The number of benzene rings is 1. The summed E-state index contributed by atoms with van der Waals surface area (Å²) in [6.07, 6.45) is 0.726. The number of carbonyl (C=O) groups is 2. The number of morpholine rings is 1. The average molecular weight is 305 g/mol. The minimum absolute atomic E-state index is 0.0634. The van der Waals surface area contributed by atoms with E-state index >= 15 is 0 Å². The molecule has 3 rings (SSSR count). The van der Waals surface area contributed by atoms with E-state index in [1.165, 1.54) is 0 Å². The Kier molecular flexibility index (Phi) is 3.89. The third-order valence-electron chi connectivity index (χ3n) is 4.06. The van der Waals surface area contributed by atoms with Crippen LogP contribution in [0, 0.1) is 0 Å². The van der Waals surface area contributed by atoms with Crippen molar-refractivity contribution < 1.29 is 19.1 Å². The second kappa shape index (κ2) is 5.84. The number of ether oxygens (including phenoxy) is 2. The monoisotopic (exact) mass is 305 g/mol. The van der Waals surface area contributed by atoms with Crippen LogP contribution in [0.4, 0.5) is 10.5 Å². The van der Waals surface area contributed by atoms with Gasteiger partial charge in [0.1, 0.15) is 18.0 Å². The van der Waals surface area contributed by atoms with E-state index in [2.05, 4.69) is 10.6 Å². The van der Waals surface area contributed by atoms with Crippen molar-refractivity contribution in [1.29, 1.82) is 0 Å². The molecule has 2 N–H and O–H groups in total. The molecule has 2 saturated heterocycles. The molecule has 2 heterocycles. The van der Waals surface area contributed by atoms with E-state index < -0.39 is 5.60 Å². The average Bonchev–Trinajstić information content (AvgIpc) is 2.96. The van der Waals surface area contributed by atoms with E-state index in [-0.39, 0.29) is 18.5 Å². The molecule has 22 heavy (non-hydrogen) atoms. The summed E-state index contributed by atoms with van der Waals surface area (Å²) >= 11 is 0. The van der Waals surface area contributed by atoms with Crippen molar-refractivity contribution in [3.05, 3.63) is 24.3 Å². The first kappa shape index (κ1) is 14.6. The lowest BCUT2D eigenvalue weighted by molar-refractivity contribution is -0.141. The number of amides is 3. The minimum Gasteiger partial charge on any atom is -0.497 e. The SMILES string of the molecule is COc1ccc(NC(=O)N2CCC3(CNC(=O)CO3)C2)cc1. The van der Waals surface area contributed by atoms with Gasteiger partial charge in [-0.1, -0.05) is 0 Å². The fraction of sp³-hybridized carbons (Fsp3) is 0.467. The van der Waals surface area contributed by atoms with Crippen molar-refractivity contribution >= 4 is 17.6 Å². The Labute approximate surface area is 128 Å². The van der Waals surface area contributed by atoms with Crippen LogP contribution < -0.4 is 15.4 Å². The molecule has 1 aromatic rings. The molecule has 1 spiro atoms. The molecule has 0 bridgehead atoms. The smallest absolute Gasteiger partial charge is 0.321 e. The molecule has 118 valence electrons. The van der Waals surface area contributed by atoms with Crippen LogP contribution in [0.2, 0.25) is 0 Å². The van der Waals surface area contributed by atoms with Crippen molar-refractivity contribution in [2.75, 3.05) is 38.7 Å². The molecular weight excluding hydrogens is 286 g/mol. The summed E-state index contributed by atoms with van der Waals surface area (Å²) in [6.45, 7) is 1.61. The molecule has 1 unspecified atom stereocenters. The number of methoxy groups -OCH3 is 1. The number of hydrogen-bond acceptors (Lipinski definition) is 4. The number of nitrogens with one attached hydrogen (secondary N) is 2. The van der Waals surface area contributed by atoms with Crippen LogP contribution in [0.1, 0.15) is 6.42 Å². The first-order chi connectivity index (χ1) is 10.6. The number of nitrogens with zero attached hydrogens (tertiary/aromatic N) is 1. The second-order valence-electron chi connectivity index (χ2n) is 5.58. The van der Waals surface area contributed by atoms with Gasteiger partial charge in [-0.05, 0) is 30.7 Å². The molecule has 7 heteroatoms. The lowest BCUT2D eigenvalue weighted by Gasteiger charge is -2.33. The lowest BCUT2D eigenvalue weighted by Crippen LogP contribution is -2.54. The molecule has 2 aliphatic rings. The fourth-order valence-electron chi connectivity index (χ4n) is 2.74. The number of hydrogen-bond donors (Lipinski definition) is 2. The quantitative estimate of drug-likeness (QED) is 0.848. The largest absolute Gasteiger partial charge is 0.497 e. The Hall–Kier alpha value is -2.28. The Bertz CT molecular complexity index is 563. The van der Waals surface area contributed by atoms with Crippen molar-refractivity contribution in [3.63, 3.8) is 0 Å². The zero-order chi connectivity index (χ0) is 15.6. The van der Waals surface area contributed by atoms with Gasteiger partial charge in [-0.15, -0.1) is 0 Å². The molecule has 7 nitrogen and oxygen atoms in total. The summed E-state index contributed by atoms with van der Waals surface area (Å²) in [4.78, 5) is 25.2. The molecule has 0 radical (unpaired) electrons. The van der Waals surface area contributed by atoms with Gasteiger partial charge in [0.15, 0.2) is 0 Å². The van der Waals surface area contributed by atoms with E-state index in [1.807, 2.05) is 0 Å². The Morgan fingerprint density at radius 2 is 2.18 bits per heavy atom. The van der Waals surface area contributed by atoms with E-state index in [0.717, 1.165) is 12.2 Å². The maximum Gasteiger partial charge on any atom is 0.321 e. The molecule has 1 aromatic carbocycles. The highest BCUT2D eigenvalue weighted by atomic mass is 16.5. The Morgan fingerprint density at radius 1 is 1.41 bits per heavy atom. The number of anilines is 1. The summed E-state index contributed by atoms with van der Waals surface area (Å²) < 4.78 is 10.7. The van der Waals surface area contributed by atoms with Gasteiger partial charge in [-0.25, -0.2) is 4.79 Å². The van der Waals surface area contributed by atoms with Crippen molar-refractivity contribution in [2.45, 2.75) is 12.0 Å². The van der Waals surface area contributed by atoms with Gasteiger partial charge in [0.25, 0.3) is 0 Å². The van der Waals surface area contributed by atoms with Gasteiger partial charge in [0.05, 0.1) is 13.7 Å².